The van der Waals surface area contributed by atoms with E-state index in [1.165, 1.54) is 12.1 Å². The number of hydrogen-bond acceptors (Lipinski definition) is 6. The van der Waals surface area contributed by atoms with Gasteiger partial charge in [0.1, 0.15) is 5.75 Å². The average Bonchev–Trinajstić information content (AvgIpc) is 2.66. The topological polar surface area (TPSA) is 91.6 Å². The van der Waals surface area contributed by atoms with Crippen molar-refractivity contribution >= 4 is 17.6 Å². The van der Waals surface area contributed by atoms with Gasteiger partial charge in [-0.2, -0.15) is 0 Å². The van der Waals surface area contributed by atoms with Crippen LogP contribution < -0.4 is 0 Å². The molecule has 0 aliphatic carbocycles. The lowest BCUT2D eigenvalue weighted by Crippen LogP contribution is -2.20. The van der Waals surface area contributed by atoms with E-state index in [1.54, 1.807) is 55.5 Å². The quantitative estimate of drug-likeness (QED) is 0.466. The summed E-state index contributed by atoms with van der Waals surface area (Å²) in [6, 6.07) is 13.2. The smallest absolute Gasteiger partial charge is 0.338 e. The fourth-order valence-electron chi connectivity index (χ4n) is 2.12. The Kier molecular flexibility index (Phi) is 6.84. The molecule has 1 N–H and O–H groups in total. The summed E-state index contributed by atoms with van der Waals surface area (Å²) < 4.78 is 4.91. The van der Waals surface area contributed by atoms with E-state index >= 15 is 0 Å². The Morgan fingerprint density at radius 2 is 1.73 bits per heavy atom. The predicted octanol–water partition coefficient (Wildman–Crippen LogP) is 3.66. The number of rotatable bonds is 7. The highest BCUT2D eigenvalue weighted by molar-refractivity contribution is 5.89. The summed E-state index contributed by atoms with van der Waals surface area (Å²) >= 11 is 0. The molecule has 0 atom stereocenters. The molecule has 0 aromatic heterocycles. The zero-order valence-electron chi connectivity index (χ0n) is 14.8. The third kappa shape index (κ3) is 5.70. The number of nitrogens with zero attached hydrogens (tertiary/aromatic N) is 3. The molecule has 2 rings (SSSR count). The summed E-state index contributed by atoms with van der Waals surface area (Å²) in [6.45, 7) is 2.06. The van der Waals surface area contributed by atoms with Crippen LogP contribution in [0.15, 0.2) is 58.9 Å². The van der Waals surface area contributed by atoms with E-state index < -0.39 is 5.97 Å². The second-order valence-corrected chi connectivity index (χ2v) is 5.54. The lowest BCUT2D eigenvalue weighted by Gasteiger charge is -2.09. The molecule has 0 radical (unpaired) electrons. The Labute approximate surface area is 151 Å². The molecule has 26 heavy (non-hydrogen) atoms. The van der Waals surface area contributed by atoms with Gasteiger partial charge in [-0.3, -0.25) is 4.79 Å². The molecule has 0 bridgehead atoms. The predicted molar refractivity (Wildman–Crippen MR) is 96.1 cm³/mol. The molecular weight excluding hydrogens is 334 g/mol. The first-order valence-corrected chi connectivity index (χ1v) is 8.23. The van der Waals surface area contributed by atoms with Gasteiger partial charge < -0.3 is 9.84 Å². The molecule has 136 valence electrons. The number of phenols is 1. The first-order chi connectivity index (χ1) is 12.5. The molecule has 0 unspecified atom stereocenters. The molecule has 0 heterocycles. The van der Waals surface area contributed by atoms with E-state index in [1.807, 2.05) is 0 Å². The second kappa shape index (κ2) is 9.31. The van der Waals surface area contributed by atoms with E-state index in [-0.39, 0.29) is 18.1 Å². The minimum atomic E-state index is -0.391. The Bertz CT molecular complexity index is 770. The SMILES string of the molecule is CCOC(=O)c1ccc(N=NN(C)C(=O)CCc2ccc(O)cc2)cc1. The number of esters is 1. The van der Waals surface area contributed by atoms with Crippen LogP contribution in [0.1, 0.15) is 29.3 Å². The summed E-state index contributed by atoms with van der Waals surface area (Å²) in [5, 5.41) is 18.3. The van der Waals surface area contributed by atoms with Crippen molar-refractivity contribution in [3.05, 3.63) is 59.7 Å². The number of carbonyl (C=O) groups excluding carboxylic acids is 2. The highest BCUT2D eigenvalue weighted by atomic mass is 16.5. The zero-order chi connectivity index (χ0) is 18.9. The Hall–Kier alpha value is -3.22. The van der Waals surface area contributed by atoms with Crippen LogP contribution in [0.2, 0.25) is 0 Å². The maximum atomic E-state index is 12.1. The minimum absolute atomic E-state index is 0.176. The van der Waals surface area contributed by atoms with Gasteiger partial charge in [-0.15, -0.1) is 5.11 Å². The van der Waals surface area contributed by atoms with Gasteiger partial charge in [0.05, 0.1) is 17.9 Å². The van der Waals surface area contributed by atoms with Gasteiger partial charge in [-0.05, 0) is 55.3 Å². The highest BCUT2D eigenvalue weighted by Crippen LogP contribution is 2.15. The molecule has 1 amide bonds. The first-order valence-electron chi connectivity index (χ1n) is 8.23. The summed E-state index contributed by atoms with van der Waals surface area (Å²) in [5.41, 5.74) is 1.91. The highest BCUT2D eigenvalue weighted by Gasteiger charge is 2.09. The van der Waals surface area contributed by atoms with Gasteiger partial charge in [0.2, 0.25) is 5.91 Å². The second-order valence-electron chi connectivity index (χ2n) is 5.54. The Morgan fingerprint density at radius 1 is 1.08 bits per heavy atom. The lowest BCUT2D eigenvalue weighted by molar-refractivity contribution is -0.130. The number of hydrogen-bond donors (Lipinski definition) is 1. The molecule has 7 nitrogen and oxygen atoms in total. The number of phenolic OH excluding ortho intramolecular Hbond substituents is 1. The van der Waals surface area contributed by atoms with Crippen LogP contribution in [0.5, 0.6) is 5.75 Å². The number of aromatic hydroxyl groups is 1. The number of carbonyl (C=O) groups is 2. The largest absolute Gasteiger partial charge is 0.508 e. The Balaban J connectivity index is 1.87. The van der Waals surface area contributed by atoms with Gasteiger partial charge in [-0.1, -0.05) is 17.4 Å². The van der Waals surface area contributed by atoms with Crippen molar-refractivity contribution in [2.24, 2.45) is 10.3 Å². The molecule has 0 saturated heterocycles. The fourth-order valence-corrected chi connectivity index (χ4v) is 2.12. The lowest BCUT2D eigenvalue weighted by atomic mass is 10.1. The molecular formula is C19H21N3O4. The van der Waals surface area contributed by atoms with Gasteiger partial charge in [-0.25, -0.2) is 9.80 Å². The fraction of sp³-hybridized carbons (Fsp3) is 0.263. The van der Waals surface area contributed by atoms with Crippen molar-refractivity contribution in [3.63, 3.8) is 0 Å². The Morgan fingerprint density at radius 3 is 2.35 bits per heavy atom. The molecule has 0 spiro atoms. The van der Waals surface area contributed by atoms with Crippen molar-refractivity contribution in [3.8, 4) is 5.75 Å². The third-order valence-electron chi connectivity index (χ3n) is 3.60. The van der Waals surface area contributed by atoms with Crippen LogP contribution >= 0.6 is 0 Å². The molecule has 0 aliphatic heterocycles. The van der Waals surface area contributed by atoms with Gasteiger partial charge in [0, 0.05) is 13.5 Å². The summed E-state index contributed by atoms with van der Waals surface area (Å²) in [7, 11) is 1.54. The molecule has 7 heteroatoms. The molecule has 2 aromatic carbocycles. The van der Waals surface area contributed by atoms with Crippen molar-refractivity contribution in [2.45, 2.75) is 19.8 Å². The maximum absolute atomic E-state index is 12.1. The van der Waals surface area contributed by atoms with Crippen LogP contribution in [0.25, 0.3) is 0 Å². The first kappa shape index (κ1) is 19.1. The van der Waals surface area contributed by atoms with Gasteiger partial charge in [0.25, 0.3) is 0 Å². The zero-order valence-corrected chi connectivity index (χ0v) is 14.8. The monoisotopic (exact) mass is 355 g/mol. The van der Waals surface area contributed by atoms with Crippen LogP contribution in [0.3, 0.4) is 0 Å². The summed E-state index contributed by atoms with van der Waals surface area (Å²) in [5.74, 6) is -0.373. The summed E-state index contributed by atoms with van der Waals surface area (Å²) in [6.07, 6.45) is 0.829. The molecule has 0 aliphatic rings. The van der Waals surface area contributed by atoms with E-state index in [0.717, 1.165) is 5.56 Å². The molecule has 0 fully saturated rings. The van der Waals surface area contributed by atoms with Crippen LogP contribution in [-0.2, 0) is 16.0 Å². The summed E-state index contributed by atoms with van der Waals surface area (Å²) in [4.78, 5) is 23.7. The van der Waals surface area contributed by atoms with Gasteiger partial charge >= 0.3 is 5.97 Å². The maximum Gasteiger partial charge on any atom is 0.338 e. The van der Waals surface area contributed by atoms with Gasteiger partial charge in [0.15, 0.2) is 0 Å². The number of aryl methyl sites for hydroxylation is 1. The van der Waals surface area contributed by atoms with E-state index in [4.69, 9.17) is 4.74 Å². The molecule has 2 aromatic rings. The molecule has 0 saturated carbocycles. The van der Waals surface area contributed by atoms with E-state index in [0.29, 0.717) is 24.3 Å². The van der Waals surface area contributed by atoms with Crippen molar-refractivity contribution in [2.75, 3.05) is 13.7 Å². The van der Waals surface area contributed by atoms with E-state index in [2.05, 4.69) is 10.3 Å². The number of benzene rings is 2. The minimum Gasteiger partial charge on any atom is -0.508 e. The number of ether oxygens (including phenoxy) is 1. The van der Waals surface area contributed by atoms with E-state index in [9.17, 15) is 14.7 Å². The van der Waals surface area contributed by atoms with Crippen LogP contribution in [0, 0.1) is 0 Å². The van der Waals surface area contributed by atoms with Crippen molar-refractivity contribution in [1.82, 2.24) is 5.01 Å². The van der Waals surface area contributed by atoms with Crippen LogP contribution in [-0.4, -0.2) is 35.6 Å². The van der Waals surface area contributed by atoms with Crippen molar-refractivity contribution in [1.29, 1.82) is 0 Å². The van der Waals surface area contributed by atoms with Crippen LogP contribution in [0.4, 0.5) is 5.69 Å². The van der Waals surface area contributed by atoms with Crippen molar-refractivity contribution < 1.29 is 19.4 Å². The average molecular weight is 355 g/mol. The third-order valence-corrected chi connectivity index (χ3v) is 3.60. The standard InChI is InChI=1S/C19H21N3O4/c1-3-26-19(25)15-7-9-16(10-8-15)20-21-22(2)18(24)13-6-14-4-11-17(23)12-5-14/h4-5,7-12,23H,3,6,13H2,1-2H3. The number of amides is 1. The normalized spacial score (nSPS) is 10.7.